The first-order valence-corrected chi connectivity index (χ1v) is 21.1. The van der Waals surface area contributed by atoms with Crippen LogP contribution in [0.5, 0.6) is 0 Å². The van der Waals surface area contributed by atoms with Crippen molar-refractivity contribution in [2.75, 3.05) is 0 Å². The smallest absolute Gasteiger partial charge is 0.235 e. The van der Waals surface area contributed by atoms with Crippen LogP contribution < -0.4 is 0 Å². The maximum absolute atomic E-state index is 5.42. The van der Waals surface area contributed by atoms with E-state index in [9.17, 15) is 0 Å². The number of thiophene rings is 2. The van der Waals surface area contributed by atoms with Crippen LogP contribution >= 0.6 is 22.7 Å². The zero-order valence-electron chi connectivity index (χ0n) is 30.9. The first kappa shape index (κ1) is 32.0. The maximum atomic E-state index is 5.42. The molecule has 0 bridgehead atoms. The molecule has 5 heterocycles. The van der Waals surface area contributed by atoms with Gasteiger partial charge in [0, 0.05) is 63.1 Å². The highest BCUT2D eigenvalue weighted by molar-refractivity contribution is 7.27. The van der Waals surface area contributed by atoms with E-state index >= 15 is 0 Å². The Kier molecular flexibility index (Phi) is 6.73. The van der Waals surface area contributed by atoms with Gasteiger partial charge in [-0.1, -0.05) is 133 Å². The zero-order valence-corrected chi connectivity index (χ0v) is 32.6. The van der Waals surface area contributed by atoms with Gasteiger partial charge in [0.05, 0.1) is 38.0 Å². The van der Waals surface area contributed by atoms with Crippen LogP contribution in [0.25, 0.3) is 118 Å². The number of aromatic nitrogens is 4. The third kappa shape index (κ3) is 4.55. The van der Waals surface area contributed by atoms with Gasteiger partial charge in [-0.2, -0.15) is 0 Å². The van der Waals surface area contributed by atoms with Crippen LogP contribution in [0.4, 0.5) is 0 Å². The molecule has 0 fully saturated rings. The third-order valence-corrected chi connectivity index (χ3v) is 14.1. The normalized spacial score (nSPS) is 12.1. The lowest BCUT2D eigenvalue weighted by Crippen LogP contribution is -2.02. The summed E-state index contributed by atoms with van der Waals surface area (Å²) in [7, 11) is 0. The summed E-state index contributed by atoms with van der Waals surface area (Å²) in [5.41, 5.74) is 11.2. The van der Waals surface area contributed by atoms with Gasteiger partial charge in [0.2, 0.25) is 5.95 Å². The standard InChI is InChI=1S/C52H30N4S2/c1-3-14-31(15-4-1)33-18-13-19-34(28-33)55-41-23-10-7-20-35(41)39-29-40-36-26-27-43-47(50(36)58-46(40)30-44(39)55)37-21-8-11-24-42(37)56(43)52-53-48(32-16-5-2-6-17-32)51-49(54-52)38-22-9-12-25-45(38)57-51/h1-30H. The summed E-state index contributed by atoms with van der Waals surface area (Å²) in [5, 5.41) is 8.66. The Balaban J connectivity index is 1.08. The van der Waals surface area contributed by atoms with Crippen LogP contribution in [-0.4, -0.2) is 19.1 Å². The van der Waals surface area contributed by atoms with E-state index in [4.69, 9.17) is 9.97 Å². The van der Waals surface area contributed by atoms with Crippen LogP contribution in [0.1, 0.15) is 0 Å². The molecule has 0 saturated heterocycles. The van der Waals surface area contributed by atoms with Crippen molar-refractivity contribution in [3.05, 3.63) is 182 Å². The van der Waals surface area contributed by atoms with Gasteiger partial charge in [0.1, 0.15) is 0 Å². The van der Waals surface area contributed by atoms with Crippen molar-refractivity contribution >= 4 is 107 Å². The molecular weight excluding hydrogens is 745 g/mol. The van der Waals surface area contributed by atoms with E-state index in [1.165, 1.54) is 68.6 Å². The maximum Gasteiger partial charge on any atom is 0.235 e. The summed E-state index contributed by atoms with van der Waals surface area (Å²) in [6.07, 6.45) is 0. The fourth-order valence-electron chi connectivity index (χ4n) is 9.17. The van der Waals surface area contributed by atoms with E-state index in [-0.39, 0.29) is 0 Å². The predicted octanol–water partition coefficient (Wildman–Crippen LogP) is 14.7. The van der Waals surface area contributed by atoms with Gasteiger partial charge in [-0.25, -0.2) is 9.97 Å². The van der Waals surface area contributed by atoms with E-state index < -0.39 is 0 Å². The Labute approximate surface area is 340 Å². The largest absolute Gasteiger partial charge is 0.309 e. The van der Waals surface area contributed by atoms with E-state index in [2.05, 4.69) is 191 Å². The average Bonchev–Trinajstić information content (AvgIpc) is 4.03. The van der Waals surface area contributed by atoms with Gasteiger partial charge in [-0.3, -0.25) is 4.57 Å². The number of hydrogen-bond acceptors (Lipinski definition) is 4. The summed E-state index contributed by atoms with van der Waals surface area (Å²) in [6.45, 7) is 0. The highest BCUT2D eigenvalue weighted by Crippen LogP contribution is 2.46. The molecule has 58 heavy (non-hydrogen) atoms. The molecule has 0 aliphatic heterocycles. The van der Waals surface area contributed by atoms with Gasteiger partial charge in [0.25, 0.3) is 0 Å². The zero-order chi connectivity index (χ0) is 37.9. The Morgan fingerprint density at radius 2 is 1.03 bits per heavy atom. The topological polar surface area (TPSA) is 35.6 Å². The molecular formula is C52H30N4S2. The second-order valence-electron chi connectivity index (χ2n) is 14.9. The first-order valence-electron chi connectivity index (χ1n) is 19.5. The summed E-state index contributed by atoms with van der Waals surface area (Å²) >= 11 is 3.65. The second-order valence-corrected chi connectivity index (χ2v) is 17.0. The highest BCUT2D eigenvalue weighted by Gasteiger charge is 2.23. The van der Waals surface area contributed by atoms with Crippen molar-refractivity contribution in [3.8, 4) is 34.0 Å². The number of rotatable bonds is 4. The number of hydrogen-bond donors (Lipinski definition) is 0. The molecule has 0 radical (unpaired) electrons. The predicted molar refractivity (Wildman–Crippen MR) is 247 cm³/mol. The molecule has 4 nitrogen and oxygen atoms in total. The van der Waals surface area contributed by atoms with Crippen LogP contribution in [-0.2, 0) is 0 Å². The van der Waals surface area contributed by atoms with Gasteiger partial charge in [0.15, 0.2) is 0 Å². The van der Waals surface area contributed by atoms with Crippen LogP contribution in [0.3, 0.4) is 0 Å². The number of para-hydroxylation sites is 2. The Morgan fingerprint density at radius 1 is 0.362 bits per heavy atom. The minimum absolute atomic E-state index is 0.686. The quantitative estimate of drug-likeness (QED) is 0.178. The molecule has 0 saturated carbocycles. The summed E-state index contributed by atoms with van der Waals surface area (Å²) in [5.74, 6) is 0.686. The summed E-state index contributed by atoms with van der Waals surface area (Å²) < 4.78 is 9.59. The van der Waals surface area contributed by atoms with E-state index in [1.54, 1.807) is 11.3 Å². The Hall–Kier alpha value is -7.12. The minimum atomic E-state index is 0.686. The molecule has 0 atom stereocenters. The van der Waals surface area contributed by atoms with Gasteiger partial charge in [-0.05, 0) is 59.7 Å². The lowest BCUT2D eigenvalue weighted by atomic mass is 10.1. The minimum Gasteiger partial charge on any atom is -0.309 e. The Morgan fingerprint density at radius 3 is 1.86 bits per heavy atom. The molecule has 6 heteroatoms. The van der Waals surface area contributed by atoms with E-state index in [0.29, 0.717) is 5.95 Å². The molecule has 0 N–H and O–H groups in total. The molecule has 0 spiro atoms. The molecule has 270 valence electrons. The second kappa shape index (κ2) is 12.2. The van der Waals surface area contributed by atoms with Crippen LogP contribution in [0.15, 0.2) is 182 Å². The molecule has 8 aromatic carbocycles. The fourth-order valence-corrected chi connectivity index (χ4v) is 11.6. The summed E-state index contributed by atoms with van der Waals surface area (Å²) in [6, 6.07) is 65.7. The highest BCUT2D eigenvalue weighted by atomic mass is 32.1. The monoisotopic (exact) mass is 774 g/mol. The van der Waals surface area contributed by atoms with Gasteiger partial charge >= 0.3 is 0 Å². The van der Waals surface area contributed by atoms with Crippen LogP contribution in [0.2, 0.25) is 0 Å². The number of fused-ring (bicyclic) bond motifs is 13. The van der Waals surface area contributed by atoms with Gasteiger partial charge in [-0.15, -0.1) is 22.7 Å². The molecule has 0 amide bonds. The molecule has 13 rings (SSSR count). The van der Waals surface area contributed by atoms with Crippen molar-refractivity contribution < 1.29 is 0 Å². The third-order valence-electron chi connectivity index (χ3n) is 11.7. The Bertz CT molecular complexity index is 3800. The SMILES string of the molecule is c1ccc(-c2cccc(-n3c4ccccc4c4cc5c(cc43)sc3c5ccc4c3c3ccccc3n4-c3nc(-c4ccccc4)c4sc5ccccc5c4n3)c2)cc1. The fraction of sp³-hybridized carbons (Fsp3) is 0. The lowest BCUT2D eigenvalue weighted by molar-refractivity contribution is 1.02. The molecule has 5 aromatic heterocycles. The lowest BCUT2D eigenvalue weighted by Gasteiger charge is -2.10. The molecule has 13 aromatic rings. The van der Waals surface area contributed by atoms with Crippen molar-refractivity contribution in [1.82, 2.24) is 19.1 Å². The van der Waals surface area contributed by atoms with Crippen LogP contribution in [0, 0.1) is 0 Å². The van der Waals surface area contributed by atoms with Crippen molar-refractivity contribution in [3.63, 3.8) is 0 Å². The number of nitrogens with zero attached hydrogens (tertiary/aromatic N) is 4. The molecule has 0 aliphatic rings. The number of benzene rings is 8. The average molecular weight is 775 g/mol. The van der Waals surface area contributed by atoms with E-state index in [1.807, 2.05) is 11.3 Å². The molecule has 0 aliphatic carbocycles. The van der Waals surface area contributed by atoms with Crippen molar-refractivity contribution in [1.29, 1.82) is 0 Å². The van der Waals surface area contributed by atoms with Crippen molar-refractivity contribution in [2.45, 2.75) is 0 Å². The van der Waals surface area contributed by atoms with Gasteiger partial charge < -0.3 is 4.57 Å². The summed E-state index contributed by atoms with van der Waals surface area (Å²) in [4.78, 5) is 10.8. The first-order chi connectivity index (χ1) is 28.8. The molecule has 0 unspecified atom stereocenters. The van der Waals surface area contributed by atoms with E-state index in [0.717, 1.165) is 43.6 Å². The van der Waals surface area contributed by atoms with Crippen molar-refractivity contribution in [2.24, 2.45) is 0 Å².